The maximum absolute atomic E-state index is 13.7. The largest absolute Gasteiger partial charge is 0.348 e. The van der Waals surface area contributed by atoms with E-state index in [0.717, 1.165) is 0 Å². The fraction of sp³-hybridized carbons (Fsp3) is 0.294. The van der Waals surface area contributed by atoms with Gasteiger partial charge in [0.15, 0.2) is 9.84 Å². The van der Waals surface area contributed by atoms with Crippen LogP contribution in [0.15, 0.2) is 42.7 Å². The number of carbonyl (C=O) groups is 1. The third-order valence-electron chi connectivity index (χ3n) is 3.98. The molecule has 0 unspecified atom stereocenters. The van der Waals surface area contributed by atoms with Gasteiger partial charge >= 0.3 is 0 Å². The first-order valence-corrected chi connectivity index (χ1v) is 9.44. The zero-order valence-electron chi connectivity index (χ0n) is 12.9. The molecule has 24 heavy (non-hydrogen) atoms. The summed E-state index contributed by atoms with van der Waals surface area (Å²) < 4.78 is 36.6. The predicted molar refractivity (Wildman–Crippen MR) is 88.0 cm³/mol. The normalized spacial score (nSPS) is 19.1. The van der Waals surface area contributed by atoms with Gasteiger partial charge in [-0.15, -0.1) is 0 Å². The Morgan fingerprint density at radius 1 is 1.29 bits per heavy atom. The van der Waals surface area contributed by atoms with Gasteiger partial charge in [0.2, 0.25) is 0 Å². The lowest BCUT2D eigenvalue weighted by atomic mass is 10.0. The number of carbonyl (C=O) groups excluding carboxylic acids is 1. The molecule has 1 aliphatic rings. The summed E-state index contributed by atoms with van der Waals surface area (Å²) in [5, 5.41) is 2.72. The molecular weight excluding hydrogens is 331 g/mol. The van der Waals surface area contributed by atoms with E-state index in [9.17, 15) is 17.6 Å². The van der Waals surface area contributed by atoms with Gasteiger partial charge in [-0.1, -0.05) is 18.2 Å². The van der Waals surface area contributed by atoms with Crippen LogP contribution < -0.4 is 5.32 Å². The van der Waals surface area contributed by atoms with E-state index in [2.05, 4.69) is 10.3 Å². The molecule has 3 rings (SSSR count). The van der Waals surface area contributed by atoms with Gasteiger partial charge < -0.3 is 5.32 Å². The molecule has 1 saturated heterocycles. The van der Waals surface area contributed by atoms with E-state index in [-0.39, 0.29) is 29.3 Å². The second-order valence-corrected chi connectivity index (χ2v) is 8.15. The lowest BCUT2D eigenvalue weighted by Gasteiger charge is -2.11. The fourth-order valence-corrected chi connectivity index (χ4v) is 4.42. The molecule has 0 aliphatic carbocycles. The van der Waals surface area contributed by atoms with E-state index in [1.165, 1.54) is 12.3 Å². The van der Waals surface area contributed by atoms with Gasteiger partial charge in [-0.3, -0.25) is 9.78 Å². The highest BCUT2D eigenvalue weighted by Crippen LogP contribution is 2.15. The molecule has 1 atom stereocenters. The number of rotatable bonds is 4. The molecule has 1 aromatic heterocycles. The summed E-state index contributed by atoms with van der Waals surface area (Å²) >= 11 is 0. The van der Waals surface area contributed by atoms with Crippen molar-refractivity contribution in [2.24, 2.45) is 0 Å². The van der Waals surface area contributed by atoms with Crippen LogP contribution in [-0.4, -0.2) is 36.9 Å². The number of benzene rings is 1. The third kappa shape index (κ3) is 3.97. The zero-order chi connectivity index (χ0) is 17.2. The molecule has 1 amide bonds. The Bertz CT molecular complexity index is 868. The quantitative estimate of drug-likeness (QED) is 0.913. The number of nitrogens with zero attached hydrogens (tertiary/aromatic N) is 1. The van der Waals surface area contributed by atoms with E-state index in [0.29, 0.717) is 29.5 Å². The Labute approximate surface area is 139 Å². The van der Waals surface area contributed by atoms with Gasteiger partial charge in [0.1, 0.15) is 5.82 Å². The van der Waals surface area contributed by atoms with Crippen molar-refractivity contribution in [2.45, 2.75) is 18.9 Å². The monoisotopic (exact) mass is 348 g/mol. The highest BCUT2D eigenvalue weighted by atomic mass is 32.2. The number of amides is 1. The summed E-state index contributed by atoms with van der Waals surface area (Å²) in [6.07, 6.45) is 3.77. The number of sulfone groups is 1. The Morgan fingerprint density at radius 2 is 2.08 bits per heavy atom. The number of halogens is 1. The highest BCUT2D eigenvalue weighted by molar-refractivity contribution is 7.91. The van der Waals surface area contributed by atoms with E-state index in [1.54, 1.807) is 30.5 Å². The summed E-state index contributed by atoms with van der Waals surface area (Å²) in [6.45, 7) is 0. The summed E-state index contributed by atoms with van der Waals surface area (Å²) in [6, 6.07) is 7.74. The van der Waals surface area contributed by atoms with E-state index in [4.69, 9.17) is 0 Å². The minimum Gasteiger partial charge on any atom is -0.348 e. The average Bonchev–Trinajstić information content (AvgIpc) is 2.88. The maximum atomic E-state index is 13.7. The summed E-state index contributed by atoms with van der Waals surface area (Å²) in [7, 11) is -3.05. The van der Waals surface area contributed by atoms with Crippen LogP contribution in [0.1, 0.15) is 27.9 Å². The first-order chi connectivity index (χ1) is 11.4. The maximum Gasteiger partial charge on any atom is 0.253 e. The zero-order valence-corrected chi connectivity index (χ0v) is 13.7. The standard InChI is InChI=1S/C17H17FN2O3S/c18-16-4-2-1-3-13(16)7-12-8-14(10-19-9-12)17(21)20-15-5-6-24(22,23)11-15/h1-4,8-10,15H,5-7,11H2,(H,20,21)/t15-/m1/s1. The fourth-order valence-electron chi connectivity index (χ4n) is 2.75. The van der Waals surface area contributed by atoms with Crippen LogP contribution in [0.5, 0.6) is 0 Å². The number of hydrogen-bond acceptors (Lipinski definition) is 4. The molecular formula is C17H17FN2O3S. The first kappa shape index (κ1) is 16.6. The van der Waals surface area contributed by atoms with Crippen molar-refractivity contribution in [3.63, 3.8) is 0 Å². The van der Waals surface area contributed by atoms with Crippen molar-refractivity contribution >= 4 is 15.7 Å². The second-order valence-electron chi connectivity index (χ2n) is 5.92. The van der Waals surface area contributed by atoms with Crippen LogP contribution in [0.3, 0.4) is 0 Å². The number of hydrogen-bond donors (Lipinski definition) is 1. The van der Waals surface area contributed by atoms with Crippen LogP contribution in [0.2, 0.25) is 0 Å². The van der Waals surface area contributed by atoms with Crippen LogP contribution in [0, 0.1) is 5.82 Å². The minimum absolute atomic E-state index is 0.0267. The van der Waals surface area contributed by atoms with E-state index < -0.39 is 9.84 Å². The van der Waals surface area contributed by atoms with Crippen molar-refractivity contribution in [3.8, 4) is 0 Å². The average molecular weight is 348 g/mol. The number of pyridine rings is 1. The van der Waals surface area contributed by atoms with Gasteiger partial charge in [0, 0.05) is 24.9 Å². The molecule has 0 saturated carbocycles. The second kappa shape index (κ2) is 6.68. The van der Waals surface area contributed by atoms with Crippen LogP contribution >= 0.6 is 0 Å². The van der Waals surface area contributed by atoms with Crippen molar-refractivity contribution in [1.29, 1.82) is 0 Å². The molecule has 126 valence electrons. The molecule has 1 aromatic carbocycles. The SMILES string of the molecule is O=C(N[C@@H]1CCS(=O)(=O)C1)c1cncc(Cc2ccccc2F)c1. The van der Waals surface area contributed by atoms with Gasteiger partial charge in [-0.2, -0.15) is 0 Å². The summed E-state index contributed by atoms with van der Waals surface area (Å²) in [5.74, 6) is -0.589. The topological polar surface area (TPSA) is 76.1 Å². The van der Waals surface area contributed by atoms with Crippen LogP contribution in [0.25, 0.3) is 0 Å². The molecule has 1 aliphatic heterocycles. The van der Waals surface area contributed by atoms with Crippen LogP contribution in [-0.2, 0) is 16.3 Å². The van der Waals surface area contributed by atoms with E-state index in [1.807, 2.05) is 0 Å². The highest BCUT2D eigenvalue weighted by Gasteiger charge is 2.29. The Kier molecular flexibility index (Phi) is 4.62. The Morgan fingerprint density at radius 3 is 2.79 bits per heavy atom. The van der Waals surface area contributed by atoms with Crippen molar-refractivity contribution in [1.82, 2.24) is 10.3 Å². The van der Waals surface area contributed by atoms with E-state index >= 15 is 0 Å². The van der Waals surface area contributed by atoms with Gasteiger partial charge in [0.25, 0.3) is 5.91 Å². The molecule has 7 heteroatoms. The van der Waals surface area contributed by atoms with Crippen molar-refractivity contribution in [3.05, 3.63) is 65.2 Å². The Hall–Kier alpha value is -2.28. The predicted octanol–water partition coefficient (Wildman–Crippen LogP) is 1.73. The molecule has 1 N–H and O–H groups in total. The molecule has 5 nitrogen and oxygen atoms in total. The van der Waals surface area contributed by atoms with Gasteiger partial charge in [-0.25, -0.2) is 12.8 Å². The van der Waals surface area contributed by atoms with Gasteiger partial charge in [-0.05, 0) is 29.7 Å². The molecule has 2 aromatic rings. The molecule has 0 radical (unpaired) electrons. The number of nitrogens with one attached hydrogen (secondary N) is 1. The number of aromatic nitrogens is 1. The lowest BCUT2D eigenvalue weighted by molar-refractivity contribution is 0.0940. The van der Waals surface area contributed by atoms with Crippen molar-refractivity contribution in [2.75, 3.05) is 11.5 Å². The smallest absolute Gasteiger partial charge is 0.253 e. The molecule has 2 heterocycles. The van der Waals surface area contributed by atoms with Crippen molar-refractivity contribution < 1.29 is 17.6 Å². The minimum atomic E-state index is -3.05. The molecule has 0 spiro atoms. The lowest BCUT2D eigenvalue weighted by Crippen LogP contribution is -2.35. The van der Waals surface area contributed by atoms with Crippen LogP contribution in [0.4, 0.5) is 4.39 Å². The molecule has 1 fully saturated rings. The Balaban J connectivity index is 1.71. The summed E-state index contributed by atoms with van der Waals surface area (Å²) in [5.41, 5.74) is 1.58. The summed E-state index contributed by atoms with van der Waals surface area (Å²) in [4.78, 5) is 16.3. The first-order valence-electron chi connectivity index (χ1n) is 7.61. The third-order valence-corrected chi connectivity index (χ3v) is 5.75. The van der Waals surface area contributed by atoms with Gasteiger partial charge in [0.05, 0.1) is 17.1 Å². The molecule has 0 bridgehead atoms.